The predicted molar refractivity (Wildman–Crippen MR) is 84.8 cm³/mol. The Kier molecular flexibility index (Phi) is 5.26. The number of thioether (sulfide) groups is 1. The Morgan fingerprint density at radius 1 is 1.14 bits per heavy atom. The van der Waals surface area contributed by atoms with E-state index < -0.39 is 4.92 Å². The van der Waals surface area contributed by atoms with Crippen molar-refractivity contribution in [1.82, 2.24) is 0 Å². The number of benzene rings is 2. The molecule has 106 valence electrons. The Labute approximate surface area is 131 Å². The molecule has 21 heavy (non-hydrogen) atoms. The van der Waals surface area contributed by atoms with Gasteiger partial charge in [0.2, 0.25) is 0 Å². The molecule has 0 aliphatic rings. The highest BCUT2D eigenvalue weighted by Crippen LogP contribution is 2.38. The van der Waals surface area contributed by atoms with Crippen molar-refractivity contribution in [2.24, 2.45) is 0 Å². The molecule has 0 atom stereocenters. The van der Waals surface area contributed by atoms with Gasteiger partial charge in [-0.05, 0) is 24.0 Å². The number of nitro groups is 1. The molecular formula is C15H12N2O2S2. The quantitative estimate of drug-likeness (QED) is 0.453. The summed E-state index contributed by atoms with van der Waals surface area (Å²) in [6, 6.07) is 14.4. The van der Waals surface area contributed by atoms with Gasteiger partial charge in [-0.2, -0.15) is 5.26 Å². The van der Waals surface area contributed by atoms with Crippen LogP contribution < -0.4 is 0 Å². The minimum Gasteiger partial charge on any atom is -0.258 e. The van der Waals surface area contributed by atoms with Crippen LogP contribution in [0.25, 0.3) is 0 Å². The van der Waals surface area contributed by atoms with Crippen molar-refractivity contribution >= 4 is 29.2 Å². The maximum atomic E-state index is 11.1. The van der Waals surface area contributed by atoms with E-state index in [9.17, 15) is 15.4 Å². The summed E-state index contributed by atoms with van der Waals surface area (Å²) in [6.45, 7) is 2.02. The molecule has 2 rings (SSSR count). The van der Waals surface area contributed by atoms with Gasteiger partial charge in [-0.15, -0.1) is 11.8 Å². The van der Waals surface area contributed by atoms with Crippen LogP contribution in [0.3, 0.4) is 0 Å². The summed E-state index contributed by atoms with van der Waals surface area (Å²) in [5.41, 5.74) is 0.632. The number of nitro benzene ring substituents is 1. The van der Waals surface area contributed by atoms with Crippen molar-refractivity contribution in [3.05, 3.63) is 58.1 Å². The lowest BCUT2D eigenvalue weighted by atomic mass is 10.2. The second-order valence-corrected chi connectivity index (χ2v) is 6.39. The lowest BCUT2D eigenvalue weighted by molar-refractivity contribution is -0.387. The first-order chi connectivity index (χ1) is 10.2. The first kappa shape index (κ1) is 15.4. The summed E-state index contributed by atoms with van der Waals surface area (Å²) in [5.74, 6) is 0.869. The van der Waals surface area contributed by atoms with Gasteiger partial charge in [0.05, 0.1) is 15.4 Å². The zero-order valence-corrected chi connectivity index (χ0v) is 12.9. The molecule has 0 aromatic heterocycles. The lowest BCUT2D eigenvalue weighted by Crippen LogP contribution is -1.91. The Bertz CT molecular complexity index is 711. The molecule has 0 spiro atoms. The van der Waals surface area contributed by atoms with E-state index in [-0.39, 0.29) is 5.69 Å². The zero-order chi connectivity index (χ0) is 15.2. The largest absolute Gasteiger partial charge is 0.283 e. The molecule has 0 bridgehead atoms. The fraction of sp³-hybridized carbons (Fsp3) is 0.133. The highest BCUT2D eigenvalue weighted by atomic mass is 32.2. The third-order valence-electron chi connectivity index (χ3n) is 2.68. The van der Waals surface area contributed by atoms with E-state index in [0.29, 0.717) is 10.5 Å². The van der Waals surface area contributed by atoms with Crippen LogP contribution in [0.4, 0.5) is 5.69 Å². The van der Waals surface area contributed by atoms with Crippen LogP contribution >= 0.6 is 23.5 Å². The first-order valence-corrected chi connectivity index (χ1v) is 8.04. The number of para-hydroxylation sites is 1. The molecule has 0 saturated carbocycles. The van der Waals surface area contributed by atoms with Crippen molar-refractivity contribution in [2.75, 3.05) is 5.75 Å². The fourth-order valence-corrected chi connectivity index (χ4v) is 3.68. The Balaban J connectivity index is 2.43. The molecule has 0 fully saturated rings. The maximum absolute atomic E-state index is 11.1. The van der Waals surface area contributed by atoms with Gasteiger partial charge in [0.25, 0.3) is 5.69 Å². The molecule has 6 heteroatoms. The van der Waals surface area contributed by atoms with Gasteiger partial charge in [0, 0.05) is 15.9 Å². The molecule has 0 aliphatic heterocycles. The third kappa shape index (κ3) is 3.57. The molecule has 2 aromatic rings. The molecule has 0 N–H and O–H groups in total. The van der Waals surface area contributed by atoms with Crippen molar-refractivity contribution < 1.29 is 4.92 Å². The first-order valence-electron chi connectivity index (χ1n) is 6.24. The summed E-state index contributed by atoms with van der Waals surface area (Å²) in [4.78, 5) is 12.8. The molecular weight excluding hydrogens is 304 g/mol. The van der Waals surface area contributed by atoms with Crippen LogP contribution in [0.2, 0.25) is 0 Å². The number of rotatable bonds is 5. The Morgan fingerprint density at radius 3 is 2.48 bits per heavy atom. The van der Waals surface area contributed by atoms with Crippen LogP contribution in [0, 0.1) is 21.4 Å². The van der Waals surface area contributed by atoms with Crippen molar-refractivity contribution in [2.45, 2.75) is 21.6 Å². The monoisotopic (exact) mass is 316 g/mol. The lowest BCUT2D eigenvalue weighted by Gasteiger charge is -2.08. The molecule has 0 amide bonds. The summed E-state index contributed by atoms with van der Waals surface area (Å²) in [5, 5.41) is 20.4. The summed E-state index contributed by atoms with van der Waals surface area (Å²) in [6.07, 6.45) is 0. The minimum atomic E-state index is -0.404. The van der Waals surface area contributed by atoms with Gasteiger partial charge < -0.3 is 0 Å². The summed E-state index contributed by atoms with van der Waals surface area (Å²) >= 11 is 2.85. The molecule has 0 heterocycles. The topological polar surface area (TPSA) is 66.9 Å². The van der Waals surface area contributed by atoms with Crippen LogP contribution in [0.15, 0.2) is 57.2 Å². The molecule has 0 radical (unpaired) electrons. The van der Waals surface area contributed by atoms with Gasteiger partial charge in [0.15, 0.2) is 0 Å². The third-order valence-corrected chi connectivity index (χ3v) is 4.75. The van der Waals surface area contributed by atoms with Crippen molar-refractivity contribution in [3.63, 3.8) is 0 Å². The molecule has 2 aromatic carbocycles. The van der Waals surface area contributed by atoms with Gasteiger partial charge in [-0.25, -0.2) is 0 Å². The molecule has 0 aliphatic carbocycles. The predicted octanol–water partition coefficient (Wildman–Crippen LogP) is 4.73. The van der Waals surface area contributed by atoms with Gasteiger partial charge in [-0.1, -0.05) is 36.9 Å². The minimum absolute atomic E-state index is 0.0555. The molecule has 4 nitrogen and oxygen atoms in total. The van der Waals surface area contributed by atoms with Crippen molar-refractivity contribution in [1.29, 1.82) is 5.26 Å². The number of hydrogen-bond acceptors (Lipinski definition) is 5. The van der Waals surface area contributed by atoms with E-state index in [2.05, 4.69) is 6.07 Å². The highest BCUT2D eigenvalue weighted by Gasteiger charge is 2.16. The van der Waals surface area contributed by atoms with Gasteiger partial charge in [-0.3, -0.25) is 10.1 Å². The maximum Gasteiger partial charge on any atom is 0.283 e. The average Bonchev–Trinajstić information content (AvgIpc) is 2.48. The van der Waals surface area contributed by atoms with E-state index >= 15 is 0 Å². The second kappa shape index (κ2) is 7.16. The van der Waals surface area contributed by atoms with Gasteiger partial charge in [0.1, 0.15) is 6.07 Å². The zero-order valence-electron chi connectivity index (χ0n) is 11.3. The standard InChI is InChI=1S/C15H12N2O2S2/c1-2-20-13-8-5-9-14(11(13)10-16)21-15-7-4-3-6-12(15)17(18)19/h3-9H,2H2,1H3. The van der Waals surface area contributed by atoms with Gasteiger partial charge >= 0.3 is 0 Å². The number of nitriles is 1. The van der Waals surface area contributed by atoms with Crippen molar-refractivity contribution in [3.8, 4) is 6.07 Å². The van der Waals surface area contributed by atoms with Crippen LogP contribution in [0.1, 0.15) is 12.5 Å². The normalized spacial score (nSPS) is 10.1. The van der Waals surface area contributed by atoms with E-state index in [4.69, 9.17) is 0 Å². The van der Waals surface area contributed by atoms with E-state index in [0.717, 1.165) is 15.5 Å². The Hall–Kier alpha value is -1.97. The number of hydrogen-bond donors (Lipinski definition) is 0. The number of nitrogens with zero attached hydrogens (tertiary/aromatic N) is 2. The Morgan fingerprint density at radius 2 is 1.81 bits per heavy atom. The summed E-state index contributed by atoms with van der Waals surface area (Å²) in [7, 11) is 0. The second-order valence-electron chi connectivity index (χ2n) is 4.00. The average molecular weight is 316 g/mol. The molecule has 0 unspecified atom stereocenters. The van der Waals surface area contributed by atoms with Crippen LogP contribution in [-0.2, 0) is 0 Å². The van der Waals surface area contributed by atoms with Crippen LogP contribution in [0.5, 0.6) is 0 Å². The fourth-order valence-electron chi connectivity index (χ4n) is 1.79. The SMILES string of the molecule is CCSc1cccc(Sc2ccccc2[N+](=O)[O-])c1C#N. The van der Waals surface area contributed by atoms with E-state index in [1.54, 1.807) is 30.0 Å². The highest BCUT2D eigenvalue weighted by molar-refractivity contribution is 8.00. The van der Waals surface area contributed by atoms with E-state index in [1.165, 1.54) is 17.8 Å². The van der Waals surface area contributed by atoms with Crippen LogP contribution in [-0.4, -0.2) is 10.7 Å². The molecule has 0 saturated heterocycles. The summed E-state index contributed by atoms with van der Waals surface area (Å²) < 4.78 is 0. The van der Waals surface area contributed by atoms with E-state index in [1.807, 2.05) is 25.1 Å². The smallest absolute Gasteiger partial charge is 0.258 e.